The first kappa shape index (κ1) is 15.1. The van der Waals surface area contributed by atoms with Gasteiger partial charge in [-0.3, -0.25) is 9.59 Å². The average molecular weight is 313 g/mol. The lowest BCUT2D eigenvalue weighted by atomic mass is 10.0. The summed E-state index contributed by atoms with van der Waals surface area (Å²) in [6.07, 6.45) is 0.460. The second kappa shape index (κ2) is 6.13. The van der Waals surface area contributed by atoms with E-state index in [-0.39, 0.29) is 22.3 Å². The third-order valence-corrected chi connectivity index (χ3v) is 5.16. The van der Waals surface area contributed by atoms with Crippen molar-refractivity contribution in [3.8, 4) is 0 Å². The Morgan fingerprint density at radius 1 is 1.23 bits per heavy atom. The molecule has 3 rings (SSSR count). The highest BCUT2D eigenvalue weighted by molar-refractivity contribution is 8.14. The summed E-state index contributed by atoms with van der Waals surface area (Å²) in [4.78, 5) is 25.4. The van der Waals surface area contributed by atoms with Crippen LogP contribution in [0.3, 0.4) is 0 Å². The largest absolute Gasteiger partial charge is 0.335 e. The van der Waals surface area contributed by atoms with Gasteiger partial charge in [0.1, 0.15) is 0 Å². The molecule has 0 saturated carbocycles. The van der Waals surface area contributed by atoms with Gasteiger partial charge >= 0.3 is 0 Å². The van der Waals surface area contributed by atoms with Crippen molar-refractivity contribution in [2.24, 2.45) is 0 Å². The summed E-state index contributed by atoms with van der Waals surface area (Å²) in [7, 11) is 0. The van der Waals surface area contributed by atoms with Gasteiger partial charge in [0.25, 0.3) is 0 Å². The number of nitrogens with zero attached hydrogens (tertiary/aromatic N) is 1. The number of likely N-dealkylation sites (tertiary alicyclic amines) is 1. The van der Waals surface area contributed by atoms with Crippen LogP contribution in [0.25, 0.3) is 10.8 Å². The van der Waals surface area contributed by atoms with E-state index in [2.05, 4.69) is 37.3 Å². The Hall–Kier alpha value is -1.81. The SMILES string of the molecule is CC(=O)SC1CC(=O)N([C@@H](C)c2ccc3ccccc3c2)C1. The number of fused-ring (bicyclic) bond motifs is 1. The zero-order valence-electron chi connectivity index (χ0n) is 12.8. The van der Waals surface area contributed by atoms with Crippen molar-refractivity contribution in [3.05, 3.63) is 48.0 Å². The summed E-state index contributed by atoms with van der Waals surface area (Å²) in [5.74, 6) is 0.138. The van der Waals surface area contributed by atoms with Crippen molar-refractivity contribution in [2.75, 3.05) is 6.54 Å². The van der Waals surface area contributed by atoms with Crippen LogP contribution in [-0.2, 0) is 9.59 Å². The molecule has 1 aliphatic rings. The Morgan fingerprint density at radius 3 is 2.68 bits per heavy atom. The van der Waals surface area contributed by atoms with Gasteiger partial charge in [-0.2, -0.15) is 0 Å². The van der Waals surface area contributed by atoms with Gasteiger partial charge in [-0.15, -0.1) is 0 Å². The van der Waals surface area contributed by atoms with E-state index in [1.807, 2.05) is 17.0 Å². The molecule has 1 unspecified atom stereocenters. The zero-order valence-corrected chi connectivity index (χ0v) is 13.6. The second-order valence-electron chi connectivity index (χ2n) is 5.76. The smallest absolute Gasteiger partial charge is 0.224 e. The molecular weight excluding hydrogens is 294 g/mol. The summed E-state index contributed by atoms with van der Waals surface area (Å²) in [5.41, 5.74) is 1.14. The van der Waals surface area contributed by atoms with Gasteiger partial charge in [0.15, 0.2) is 5.12 Å². The fraction of sp³-hybridized carbons (Fsp3) is 0.333. The molecule has 0 radical (unpaired) electrons. The summed E-state index contributed by atoms with van der Waals surface area (Å²) in [5, 5.41) is 2.57. The Kier molecular flexibility index (Phi) is 4.21. The predicted molar refractivity (Wildman–Crippen MR) is 90.8 cm³/mol. The monoisotopic (exact) mass is 313 g/mol. The number of hydrogen-bond donors (Lipinski definition) is 0. The molecule has 2 atom stereocenters. The van der Waals surface area contributed by atoms with Crippen molar-refractivity contribution < 1.29 is 9.59 Å². The van der Waals surface area contributed by atoms with E-state index in [9.17, 15) is 9.59 Å². The van der Waals surface area contributed by atoms with Gasteiger partial charge in [0, 0.05) is 25.1 Å². The van der Waals surface area contributed by atoms with Crippen molar-refractivity contribution in [1.82, 2.24) is 4.90 Å². The van der Waals surface area contributed by atoms with Crippen molar-refractivity contribution in [2.45, 2.75) is 31.6 Å². The standard InChI is InChI=1S/C18H19NO2S/c1-12(19-11-17(10-18(19)21)22-13(2)20)15-8-7-14-5-3-4-6-16(14)9-15/h3-9,12,17H,10-11H2,1-2H3/t12-,17?/m0/s1. The van der Waals surface area contributed by atoms with Crippen molar-refractivity contribution >= 4 is 33.6 Å². The molecule has 0 bridgehead atoms. The Balaban J connectivity index is 1.81. The van der Waals surface area contributed by atoms with Crippen molar-refractivity contribution in [1.29, 1.82) is 0 Å². The minimum atomic E-state index is 0.0367. The highest BCUT2D eigenvalue weighted by Crippen LogP contribution is 2.32. The lowest BCUT2D eigenvalue weighted by molar-refractivity contribution is -0.129. The zero-order chi connectivity index (χ0) is 15.7. The van der Waals surface area contributed by atoms with Crippen LogP contribution in [0.2, 0.25) is 0 Å². The van der Waals surface area contributed by atoms with Crippen LogP contribution in [0.1, 0.15) is 31.9 Å². The molecule has 0 N–H and O–H groups in total. The fourth-order valence-electron chi connectivity index (χ4n) is 3.03. The molecule has 2 aromatic carbocycles. The molecule has 1 fully saturated rings. The molecule has 0 aliphatic carbocycles. The molecule has 1 heterocycles. The Labute approximate surface area is 134 Å². The normalized spacial score (nSPS) is 19.6. The van der Waals surface area contributed by atoms with E-state index >= 15 is 0 Å². The predicted octanol–water partition coefficient (Wildman–Crippen LogP) is 3.78. The third-order valence-electron chi connectivity index (χ3n) is 4.18. The first-order valence-corrected chi connectivity index (χ1v) is 8.38. The lowest BCUT2D eigenvalue weighted by Crippen LogP contribution is -2.28. The van der Waals surface area contributed by atoms with Crippen molar-refractivity contribution in [3.63, 3.8) is 0 Å². The highest BCUT2D eigenvalue weighted by Gasteiger charge is 2.34. The van der Waals surface area contributed by atoms with Crippen LogP contribution >= 0.6 is 11.8 Å². The molecule has 1 saturated heterocycles. The van der Waals surface area contributed by atoms with Gasteiger partial charge in [-0.05, 0) is 29.3 Å². The molecule has 0 spiro atoms. The number of rotatable bonds is 3. The van der Waals surface area contributed by atoms with E-state index in [1.54, 1.807) is 6.92 Å². The number of carbonyl (C=O) groups is 2. The Morgan fingerprint density at radius 2 is 1.95 bits per heavy atom. The first-order chi connectivity index (χ1) is 10.5. The minimum absolute atomic E-state index is 0.0367. The van der Waals surface area contributed by atoms with Crippen LogP contribution in [-0.4, -0.2) is 27.7 Å². The minimum Gasteiger partial charge on any atom is -0.335 e. The van der Waals surface area contributed by atoms with E-state index in [1.165, 1.54) is 22.5 Å². The quantitative estimate of drug-likeness (QED) is 0.865. The number of amides is 1. The van der Waals surface area contributed by atoms with Gasteiger partial charge in [-0.1, -0.05) is 48.2 Å². The topological polar surface area (TPSA) is 37.4 Å². The van der Waals surface area contributed by atoms with Crippen LogP contribution in [0.4, 0.5) is 0 Å². The van der Waals surface area contributed by atoms with Gasteiger partial charge in [0.2, 0.25) is 5.91 Å². The maximum atomic E-state index is 12.2. The molecular formula is C18H19NO2S. The molecule has 3 nitrogen and oxygen atoms in total. The molecule has 114 valence electrons. The van der Waals surface area contributed by atoms with E-state index in [0.29, 0.717) is 13.0 Å². The van der Waals surface area contributed by atoms with Crippen LogP contribution in [0.15, 0.2) is 42.5 Å². The van der Waals surface area contributed by atoms with Crippen LogP contribution in [0, 0.1) is 0 Å². The summed E-state index contributed by atoms with van der Waals surface area (Å²) in [6, 6.07) is 14.6. The maximum absolute atomic E-state index is 12.2. The summed E-state index contributed by atoms with van der Waals surface area (Å²) < 4.78 is 0. The number of hydrogen-bond acceptors (Lipinski definition) is 3. The molecule has 22 heavy (non-hydrogen) atoms. The maximum Gasteiger partial charge on any atom is 0.224 e. The Bertz CT molecular complexity index is 728. The molecule has 0 aromatic heterocycles. The van der Waals surface area contributed by atoms with Crippen LogP contribution < -0.4 is 0 Å². The van der Waals surface area contributed by atoms with Gasteiger partial charge in [-0.25, -0.2) is 0 Å². The summed E-state index contributed by atoms with van der Waals surface area (Å²) >= 11 is 1.28. The average Bonchev–Trinajstić information content (AvgIpc) is 2.85. The molecule has 2 aromatic rings. The number of benzene rings is 2. The van der Waals surface area contributed by atoms with Crippen LogP contribution in [0.5, 0.6) is 0 Å². The molecule has 4 heteroatoms. The van der Waals surface area contributed by atoms with E-state index in [0.717, 1.165) is 5.56 Å². The molecule has 1 amide bonds. The fourth-order valence-corrected chi connectivity index (χ4v) is 3.96. The molecule has 1 aliphatic heterocycles. The second-order valence-corrected chi connectivity index (χ2v) is 7.24. The summed E-state index contributed by atoms with van der Waals surface area (Å²) in [6.45, 7) is 4.27. The highest BCUT2D eigenvalue weighted by atomic mass is 32.2. The lowest BCUT2D eigenvalue weighted by Gasteiger charge is -2.25. The number of thioether (sulfide) groups is 1. The van der Waals surface area contributed by atoms with E-state index in [4.69, 9.17) is 0 Å². The van der Waals surface area contributed by atoms with Gasteiger partial charge in [0.05, 0.1) is 6.04 Å². The third kappa shape index (κ3) is 3.02. The number of carbonyl (C=O) groups excluding carboxylic acids is 2. The van der Waals surface area contributed by atoms with E-state index < -0.39 is 0 Å². The van der Waals surface area contributed by atoms with Gasteiger partial charge < -0.3 is 4.90 Å². The first-order valence-electron chi connectivity index (χ1n) is 7.50.